The third kappa shape index (κ3) is 3.45. The molecule has 3 rings (SSSR count). The SMILES string of the molecule is CC(C)(C)c1nn2c(SCC(=O)c3ccc(Cl)cc3)nnc2n(N)c1=O. The predicted octanol–water partition coefficient (Wildman–Crippen LogP) is 1.93. The minimum atomic E-state index is -0.502. The summed E-state index contributed by atoms with van der Waals surface area (Å²) in [5.41, 5.74) is -0.0864. The van der Waals surface area contributed by atoms with Gasteiger partial charge in [0, 0.05) is 16.0 Å². The van der Waals surface area contributed by atoms with Gasteiger partial charge in [-0.2, -0.15) is 14.3 Å². The number of hydrogen-bond donors (Lipinski definition) is 1. The minimum absolute atomic E-state index is 0.0828. The lowest BCUT2D eigenvalue weighted by atomic mass is 9.93. The summed E-state index contributed by atoms with van der Waals surface area (Å²) in [7, 11) is 0. The van der Waals surface area contributed by atoms with Crippen LogP contribution in [0.1, 0.15) is 36.8 Å². The van der Waals surface area contributed by atoms with Crippen molar-refractivity contribution in [2.24, 2.45) is 0 Å². The monoisotopic (exact) mass is 392 g/mol. The first-order valence-corrected chi connectivity index (χ1v) is 9.10. The zero-order chi connectivity index (χ0) is 19.1. The van der Waals surface area contributed by atoms with Gasteiger partial charge in [0.05, 0.1) is 5.75 Å². The first kappa shape index (κ1) is 18.4. The lowest BCUT2D eigenvalue weighted by Crippen LogP contribution is -2.38. The van der Waals surface area contributed by atoms with Crippen LogP contribution in [0.15, 0.2) is 34.2 Å². The molecule has 0 saturated carbocycles. The standard InChI is InChI=1S/C16H17ClN6O2S/c1-16(2,3)12-13(25)22(18)14-19-20-15(23(14)21-12)26-8-11(24)9-4-6-10(17)7-5-9/h4-7H,8,18H2,1-3H3. The molecule has 0 aliphatic carbocycles. The summed E-state index contributed by atoms with van der Waals surface area (Å²) in [6.07, 6.45) is 0. The van der Waals surface area contributed by atoms with Crippen molar-refractivity contribution in [3.05, 3.63) is 50.9 Å². The number of fused-ring (bicyclic) bond motifs is 1. The zero-order valence-electron chi connectivity index (χ0n) is 14.4. The zero-order valence-corrected chi connectivity index (χ0v) is 16.0. The van der Waals surface area contributed by atoms with E-state index in [-0.39, 0.29) is 23.0 Å². The van der Waals surface area contributed by atoms with E-state index in [4.69, 9.17) is 17.4 Å². The van der Waals surface area contributed by atoms with Crippen LogP contribution in [0.4, 0.5) is 0 Å². The molecule has 0 aliphatic rings. The second kappa shape index (κ2) is 6.73. The maximum absolute atomic E-state index is 12.3. The second-order valence-corrected chi connectivity index (χ2v) is 8.07. The lowest BCUT2D eigenvalue weighted by molar-refractivity contribution is 0.102. The highest BCUT2D eigenvalue weighted by Crippen LogP contribution is 2.20. The van der Waals surface area contributed by atoms with Crippen molar-refractivity contribution in [3.63, 3.8) is 0 Å². The van der Waals surface area contributed by atoms with Gasteiger partial charge in [-0.05, 0) is 24.3 Å². The quantitative estimate of drug-likeness (QED) is 0.410. The summed E-state index contributed by atoms with van der Waals surface area (Å²) >= 11 is 7.00. The number of aromatic nitrogens is 5. The number of nitrogens with two attached hydrogens (primary N) is 1. The van der Waals surface area contributed by atoms with E-state index < -0.39 is 11.0 Å². The summed E-state index contributed by atoms with van der Waals surface area (Å²) in [4.78, 5) is 24.7. The molecular formula is C16H17ClN6O2S. The van der Waals surface area contributed by atoms with Gasteiger partial charge in [0.25, 0.3) is 11.3 Å². The number of Topliss-reactive ketones (excluding diaryl/α,β-unsaturated/α-hetero) is 1. The van der Waals surface area contributed by atoms with Gasteiger partial charge in [0.15, 0.2) is 5.78 Å². The summed E-state index contributed by atoms with van der Waals surface area (Å²) < 4.78 is 2.31. The fraction of sp³-hybridized carbons (Fsp3) is 0.312. The van der Waals surface area contributed by atoms with E-state index >= 15 is 0 Å². The molecule has 10 heteroatoms. The largest absolute Gasteiger partial charge is 0.333 e. The van der Waals surface area contributed by atoms with E-state index in [0.29, 0.717) is 15.7 Å². The van der Waals surface area contributed by atoms with Crippen molar-refractivity contribution in [3.8, 4) is 0 Å². The minimum Gasteiger partial charge on any atom is -0.333 e. The van der Waals surface area contributed by atoms with Crippen molar-refractivity contribution in [2.75, 3.05) is 11.6 Å². The summed E-state index contributed by atoms with van der Waals surface area (Å²) in [6.45, 7) is 5.59. The van der Waals surface area contributed by atoms with Crippen LogP contribution in [0, 0.1) is 0 Å². The molecule has 2 N–H and O–H groups in total. The highest BCUT2D eigenvalue weighted by molar-refractivity contribution is 7.99. The van der Waals surface area contributed by atoms with Gasteiger partial charge < -0.3 is 5.84 Å². The van der Waals surface area contributed by atoms with Gasteiger partial charge in [0.2, 0.25) is 5.16 Å². The smallest absolute Gasteiger partial charge is 0.295 e. The Balaban J connectivity index is 1.91. The van der Waals surface area contributed by atoms with Crippen LogP contribution >= 0.6 is 23.4 Å². The van der Waals surface area contributed by atoms with Crippen molar-refractivity contribution in [1.29, 1.82) is 0 Å². The maximum atomic E-state index is 12.3. The highest BCUT2D eigenvalue weighted by Gasteiger charge is 2.24. The number of nitrogens with zero attached hydrogens (tertiary/aromatic N) is 5. The number of rotatable bonds is 4. The van der Waals surface area contributed by atoms with Gasteiger partial charge >= 0.3 is 0 Å². The number of nitrogen functional groups attached to an aromatic ring is 1. The Labute approximate surface area is 158 Å². The second-order valence-electron chi connectivity index (χ2n) is 6.69. The molecule has 0 aliphatic heterocycles. The molecule has 0 bridgehead atoms. The first-order valence-electron chi connectivity index (χ1n) is 7.74. The molecule has 8 nitrogen and oxygen atoms in total. The summed E-state index contributed by atoms with van der Waals surface area (Å²) in [5.74, 6) is 6.01. The molecule has 26 heavy (non-hydrogen) atoms. The topological polar surface area (TPSA) is 108 Å². The molecule has 2 aromatic heterocycles. The summed E-state index contributed by atoms with van der Waals surface area (Å²) in [6, 6.07) is 6.66. The first-order chi connectivity index (χ1) is 12.2. The fourth-order valence-corrected chi connectivity index (χ4v) is 3.15. The van der Waals surface area contributed by atoms with Gasteiger partial charge in [-0.1, -0.05) is 44.1 Å². The van der Waals surface area contributed by atoms with E-state index in [1.807, 2.05) is 20.8 Å². The van der Waals surface area contributed by atoms with Crippen molar-refractivity contribution < 1.29 is 4.79 Å². The van der Waals surface area contributed by atoms with Gasteiger partial charge in [-0.3, -0.25) is 9.59 Å². The molecule has 0 fully saturated rings. The number of carbonyl (C=O) groups is 1. The van der Waals surface area contributed by atoms with Crippen LogP contribution in [0.3, 0.4) is 0 Å². The predicted molar refractivity (Wildman–Crippen MR) is 100 cm³/mol. The van der Waals surface area contributed by atoms with E-state index in [1.165, 1.54) is 16.3 Å². The number of halogens is 1. The Kier molecular flexibility index (Phi) is 4.76. The third-order valence-corrected chi connectivity index (χ3v) is 4.81. The molecule has 2 heterocycles. The van der Waals surface area contributed by atoms with Gasteiger partial charge in [0.1, 0.15) is 5.69 Å². The van der Waals surface area contributed by atoms with E-state index in [0.717, 1.165) is 4.68 Å². The maximum Gasteiger partial charge on any atom is 0.295 e. The number of benzene rings is 1. The van der Waals surface area contributed by atoms with Crippen LogP contribution in [0.5, 0.6) is 0 Å². The van der Waals surface area contributed by atoms with Crippen molar-refractivity contribution in [2.45, 2.75) is 31.3 Å². The third-order valence-electron chi connectivity index (χ3n) is 3.64. The van der Waals surface area contributed by atoms with Gasteiger partial charge in [-0.15, -0.1) is 10.2 Å². The van der Waals surface area contributed by atoms with Crippen LogP contribution in [-0.2, 0) is 5.41 Å². The van der Waals surface area contributed by atoms with Crippen LogP contribution < -0.4 is 11.4 Å². The molecule has 0 amide bonds. The number of carbonyl (C=O) groups excluding carboxylic acids is 1. The number of ketones is 1. The van der Waals surface area contributed by atoms with Crippen LogP contribution in [-0.4, -0.2) is 36.0 Å². The molecule has 0 spiro atoms. The van der Waals surface area contributed by atoms with Crippen molar-refractivity contribution in [1.82, 2.24) is 24.5 Å². The van der Waals surface area contributed by atoms with E-state index in [2.05, 4.69) is 15.3 Å². The molecule has 0 unspecified atom stereocenters. The lowest BCUT2D eigenvalue weighted by Gasteiger charge is -2.17. The highest BCUT2D eigenvalue weighted by atomic mass is 35.5. The van der Waals surface area contributed by atoms with E-state index in [1.54, 1.807) is 24.3 Å². The fourth-order valence-electron chi connectivity index (χ4n) is 2.25. The van der Waals surface area contributed by atoms with Crippen LogP contribution in [0.25, 0.3) is 5.78 Å². The Hall–Kier alpha value is -2.39. The average molecular weight is 393 g/mol. The van der Waals surface area contributed by atoms with E-state index in [9.17, 15) is 9.59 Å². The number of hydrogen-bond acceptors (Lipinski definition) is 7. The Morgan fingerprint density at radius 3 is 2.50 bits per heavy atom. The van der Waals surface area contributed by atoms with Crippen LogP contribution in [0.2, 0.25) is 5.02 Å². The van der Waals surface area contributed by atoms with Crippen molar-refractivity contribution >= 4 is 34.9 Å². The summed E-state index contributed by atoms with van der Waals surface area (Å²) in [5, 5.41) is 13.2. The molecule has 3 aromatic rings. The van der Waals surface area contributed by atoms with Gasteiger partial charge in [-0.25, -0.2) is 0 Å². The molecule has 0 radical (unpaired) electrons. The Bertz CT molecular complexity index is 1040. The molecule has 136 valence electrons. The molecule has 1 aromatic carbocycles. The molecule has 0 atom stereocenters. The Morgan fingerprint density at radius 1 is 1.23 bits per heavy atom. The average Bonchev–Trinajstić information content (AvgIpc) is 2.98. The molecule has 0 saturated heterocycles. The number of thioether (sulfide) groups is 1. The Morgan fingerprint density at radius 2 is 1.88 bits per heavy atom. The molecular weight excluding hydrogens is 376 g/mol. The normalized spacial score (nSPS) is 11.8.